The number of nitrogens with one attached hydrogen (secondary N) is 1. The Balaban J connectivity index is 1.77. The molecular weight excluding hydrogens is 328 g/mol. The van der Waals surface area contributed by atoms with E-state index in [0.717, 1.165) is 11.4 Å². The first-order valence-electron chi connectivity index (χ1n) is 7.67. The van der Waals surface area contributed by atoms with Gasteiger partial charge in [-0.2, -0.15) is 0 Å². The van der Waals surface area contributed by atoms with Crippen LogP contribution in [-0.2, 0) is 13.6 Å². The Hall–Kier alpha value is -2.47. The van der Waals surface area contributed by atoms with E-state index in [0.29, 0.717) is 30.2 Å². The van der Waals surface area contributed by atoms with E-state index in [4.69, 9.17) is 11.6 Å². The lowest BCUT2D eigenvalue weighted by Crippen LogP contribution is -2.29. The Bertz CT molecular complexity index is 787. The van der Waals surface area contributed by atoms with Crippen LogP contribution in [-0.4, -0.2) is 41.5 Å². The number of aromatic nitrogens is 1. The van der Waals surface area contributed by atoms with Crippen LogP contribution in [0.2, 0.25) is 5.02 Å². The van der Waals surface area contributed by atoms with Crippen LogP contribution in [0.3, 0.4) is 0 Å². The predicted molar refractivity (Wildman–Crippen MR) is 93.4 cm³/mol. The van der Waals surface area contributed by atoms with Crippen LogP contribution in [0.1, 0.15) is 16.1 Å². The minimum Gasteiger partial charge on any atom is -0.351 e. The molecule has 1 aromatic heterocycles. The monoisotopic (exact) mass is 346 g/mol. The van der Waals surface area contributed by atoms with Crippen molar-refractivity contribution >= 4 is 29.2 Å². The minimum atomic E-state index is -0.133. The molecule has 1 N–H and O–H groups in total. The first-order chi connectivity index (χ1) is 11.5. The van der Waals surface area contributed by atoms with Gasteiger partial charge in [-0.3, -0.25) is 9.69 Å². The lowest BCUT2D eigenvalue weighted by molar-refractivity contribution is 0.0782. The number of anilines is 1. The van der Waals surface area contributed by atoms with Crippen molar-refractivity contribution in [1.29, 1.82) is 0 Å². The molecule has 0 unspecified atom stereocenters. The van der Waals surface area contributed by atoms with E-state index in [1.54, 1.807) is 35.0 Å². The molecule has 0 saturated carbocycles. The second-order valence-corrected chi connectivity index (χ2v) is 6.29. The molecule has 0 spiro atoms. The van der Waals surface area contributed by atoms with Crippen LogP contribution in [0.5, 0.6) is 0 Å². The lowest BCUT2D eigenvalue weighted by atomic mass is 10.1. The fourth-order valence-corrected chi connectivity index (χ4v) is 3.06. The molecule has 0 radical (unpaired) electrons. The summed E-state index contributed by atoms with van der Waals surface area (Å²) in [5.41, 5.74) is 2.23. The van der Waals surface area contributed by atoms with Crippen molar-refractivity contribution in [3.63, 3.8) is 0 Å². The molecule has 0 aliphatic carbocycles. The van der Waals surface area contributed by atoms with E-state index in [-0.39, 0.29) is 11.9 Å². The van der Waals surface area contributed by atoms with Crippen LogP contribution in [0.4, 0.5) is 10.5 Å². The number of amides is 3. The zero-order valence-electron chi connectivity index (χ0n) is 13.6. The highest BCUT2D eigenvalue weighted by Gasteiger charge is 2.22. The first-order valence-corrected chi connectivity index (χ1v) is 8.05. The lowest BCUT2D eigenvalue weighted by Gasteiger charge is -2.19. The summed E-state index contributed by atoms with van der Waals surface area (Å²) in [6.45, 7) is 1.68. The van der Waals surface area contributed by atoms with Gasteiger partial charge in [0.1, 0.15) is 0 Å². The molecule has 0 bridgehead atoms. The molecule has 6 nitrogen and oxygen atoms in total. The van der Waals surface area contributed by atoms with E-state index in [1.165, 1.54) is 0 Å². The third kappa shape index (κ3) is 3.23. The van der Waals surface area contributed by atoms with Gasteiger partial charge in [0.05, 0.1) is 11.6 Å². The summed E-state index contributed by atoms with van der Waals surface area (Å²) < 4.78 is 1.90. The van der Waals surface area contributed by atoms with Gasteiger partial charge in [-0.15, -0.1) is 0 Å². The van der Waals surface area contributed by atoms with E-state index in [9.17, 15) is 9.59 Å². The smallest absolute Gasteiger partial charge is 0.321 e. The number of halogens is 1. The molecule has 3 amide bonds. The highest BCUT2D eigenvalue weighted by molar-refractivity contribution is 6.30. The summed E-state index contributed by atoms with van der Waals surface area (Å²) in [6.07, 6.45) is 1.81. The summed E-state index contributed by atoms with van der Waals surface area (Å²) in [5.74, 6) is -0.103. The van der Waals surface area contributed by atoms with Crippen molar-refractivity contribution in [2.24, 2.45) is 7.05 Å². The van der Waals surface area contributed by atoms with Crippen LogP contribution in [0, 0.1) is 0 Å². The van der Waals surface area contributed by atoms with E-state index in [2.05, 4.69) is 5.32 Å². The zero-order valence-corrected chi connectivity index (χ0v) is 14.4. The minimum absolute atomic E-state index is 0.103. The van der Waals surface area contributed by atoms with Crippen molar-refractivity contribution in [2.75, 3.05) is 25.0 Å². The number of hydrogen-bond acceptors (Lipinski definition) is 2. The number of aryl methyl sites for hydroxylation is 1. The summed E-state index contributed by atoms with van der Waals surface area (Å²) in [4.78, 5) is 27.7. The van der Waals surface area contributed by atoms with Crippen LogP contribution in [0.25, 0.3) is 0 Å². The van der Waals surface area contributed by atoms with Crippen LogP contribution >= 0.6 is 11.6 Å². The molecule has 1 aromatic carbocycles. The zero-order chi connectivity index (χ0) is 17.3. The molecule has 1 saturated heterocycles. The maximum absolute atomic E-state index is 12.7. The summed E-state index contributed by atoms with van der Waals surface area (Å²) in [6, 6.07) is 8.85. The topological polar surface area (TPSA) is 57.6 Å². The fourth-order valence-electron chi connectivity index (χ4n) is 2.78. The third-order valence-electron chi connectivity index (χ3n) is 4.08. The molecule has 2 aromatic rings. The average molecular weight is 347 g/mol. The van der Waals surface area contributed by atoms with E-state index >= 15 is 0 Å². The van der Waals surface area contributed by atoms with Gasteiger partial charge >= 0.3 is 6.03 Å². The summed E-state index contributed by atoms with van der Waals surface area (Å²) in [5, 5.41) is 3.41. The van der Waals surface area contributed by atoms with Gasteiger partial charge < -0.3 is 14.8 Å². The van der Waals surface area contributed by atoms with Crippen LogP contribution in [0.15, 0.2) is 36.5 Å². The van der Waals surface area contributed by atoms with E-state index < -0.39 is 0 Å². The van der Waals surface area contributed by atoms with Crippen molar-refractivity contribution in [3.8, 4) is 0 Å². The van der Waals surface area contributed by atoms with Crippen LogP contribution < -0.4 is 10.2 Å². The van der Waals surface area contributed by atoms with Gasteiger partial charge in [-0.05, 0) is 24.3 Å². The van der Waals surface area contributed by atoms with Gasteiger partial charge in [0.25, 0.3) is 5.91 Å². The van der Waals surface area contributed by atoms with Crippen molar-refractivity contribution in [2.45, 2.75) is 6.54 Å². The summed E-state index contributed by atoms with van der Waals surface area (Å²) >= 11 is 5.99. The quantitative estimate of drug-likeness (QED) is 0.924. The maximum atomic E-state index is 12.7. The Morgan fingerprint density at radius 3 is 2.79 bits per heavy atom. The Morgan fingerprint density at radius 2 is 2.17 bits per heavy atom. The first kappa shape index (κ1) is 16.4. The van der Waals surface area contributed by atoms with Crippen molar-refractivity contribution < 1.29 is 9.59 Å². The highest BCUT2D eigenvalue weighted by Crippen LogP contribution is 2.20. The van der Waals surface area contributed by atoms with Gasteiger partial charge in [0.2, 0.25) is 0 Å². The molecular formula is C17H19ClN4O2. The number of rotatable bonds is 4. The van der Waals surface area contributed by atoms with Gasteiger partial charge in [-0.1, -0.05) is 17.7 Å². The number of carbonyl (C=O) groups is 2. The number of hydrogen-bond donors (Lipinski definition) is 1. The molecule has 24 heavy (non-hydrogen) atoms. The molecule has 0 atom stereocenters. The predicted octanol–water partition coefficient (Wildman–Crippen LogP) is 2.48. The molecule has 7 heteroatoms. The molecule has 2 heterocycles. The van der Waals surface area contributed by atoms with Crippen molar-refractivity contribution in [3.05, 3.63) is 52.8 Å². The number of urea groups is 1. The second-order valence-electron chi connectivity index (χ2n) is 5.86. The largest absolute Gasteiger partial charge is 0.351 e. The van der Waals surface area contributed by atoms with Gasteiger partial charge in [0, 0.05) is 50.3 Å². The van der Waals surface area contributed by atoms with Crippen molar-refractivity contribution in [1.82, 2.24) is 14.8 Å². The second kappa shape index (κ2) is 6.57. The Labute approximate surface area is 145 Å². The molecule has 1 aliphatic heterocycles. The van der Waals surface area contributed by atoms with E-state index in [1.807, 2.05) is 29.9 Å². The summed E-state index contributed by atoms with van der Waals surface area (Å²) in [7, 11) is 3.64. The standard InChI is InChI=1S/C17H19ClN4O2/c1-20-10-13(18)9-15(20)11-21(2)16(23)12-4-3-5-14(8-12)22-7-6-19-17(22)24/h3-5,8-10H,6-7,11H2,1-2H3,(H,19,24). The fraction of sp³-hybridized carbons (Fsp3) is 0.294. The van der Waals surface area contributed by atoms with Gasteiger partial charge in [-0.25, -0.2) is 4.79 Å². The third-order valence-corrected chi connectivity index (χ3v) is 4.29. The molecule has 1 aliphatic rings. The number of nitrogens with zero attached hydrogens (tertiary/aromatic N) is 3. The highest BCUT2D eigenvalue weighted by atomic mass is 35.5. The normalized spacial score (nSPS) is 14.0. The van der Waals surface area contributed by atoms with Gasteiger partial charge in [0.15, 0.2) is 0 Å². The Kier molecular flexibility index (Phi) is 4.49. The molecule has 3 rings (SSSR count). The molecule has 1 fully saturated rings. The number of carbonyl (C=O) groups excluding carboxylic acids is 2. The Morgan fingerprint density at radius 1 is 1.38 bits per heavy atom. The average Bonchev–Trinajstić information content (AvgIpc) is 3.12. The molecule has 126 valence electrons. The maximum Gasteiger partial charge on any atom is 0.321 e. The number of benzene rings is 1. The SMILES string of the molecule is CN(Cc1cc(Cl)cn1C)C(=O)c1cccc(N2CCNC2=O)c1.